The highest BCUT2D eigenvalue weighted by Crippen LogP contribution is 2.24. The van der Waals surface area contributed by atoms with Crippen molar-refractivity contribution in [1.29, 1.82) is 0 Å². The van der Waals surface area contributed by atoms with Crippen molar-refractivity contribution in [3.63, 3.8) is 0 Å². The molecule has 0 aliphatic heterocycles. The number of thiophene rings is 1. The van der Waals surface area contributed by atoms with E-state index in [1.54, 1.807) is 24.4 Å². The van der Waals surface area contributed by atoms with Crippen LogP contribution in [0.1, 0.15) is 42.4 Å². The zero-order chi connectivity index (χ0) is 20.8. The third-order valence-corrected chi connectivity index (χ3v) is 5.76. The Morgan fingerprint density at radius 3 is 2.86 bits per heavy atom. The molecule has 152 valence electrons. The molecule has 0 amide bonds. The number of benzene rings is 1. The molecule has 0 aliphatic rings. The number of hydrogen-bond donors (Lipinski definition) is 1. The number of hydrogen-bond acceptors (Lipinski definition) is 3. The Bertz CT molecular complexity index is 992. The van der Waals surface area contributed by atoms with Gasteiger partial charge in [-0.2, -0.15) is 11.3 Å². The molecule has 7 heteroatoms. The molecule has 0 unspecified atom stereocenters. The van der Waals surface area contributed by atoms with Crippen LogP contribution < -0.4 is 0 Å². The SMILES string of the molecule is CCCCc1ncc(/C=C(\Cc2ccsc2)C(=O)O)n1Cc1c(F)cccc1Cl. The molecule has 3 aromatic rings. The van der Waals surface area contributed by atoms with E-state index in [9.17, 15) is 14.3 Å². The van der Waals surface area contributed by atoms with E-state index in [0.29, 0.717) is 22.7 Å². The van der Waals surface area contributed by atoms with Gasteiger partial charge in [-0.25, -0.2) is 14.2 Å². The third-order valence-electron chi connectivity index (χ3n) is 4.67. The van der Waals surface area contributed by atoms with E-state index in [4.69, 9.17) is 11.6 Å². The number of nitrogens with zero attached hydrogens (tertiary/aromatic N) is 2. The van der Waals surface area contributed by atoms with E-state index in [1.807, 2.05) is 21.4 Å². The van der Waals surface area contributed by atoms with E-state index in [-0.39, 0.29) is 17.9 Å². The van der Waals surface area contributed by atoms with Crippen LogP contribution in [0.15, 0.2) is 46.8 Å². The number of carboxylic acid groups (broad SMARTS) is 1. The Balaban J connectivity index is 2.01. The highest BCUT2D eigenvalue weighted by molar-refractivity contribution is 7.07. The lowest BCUT2D eigenvalue weighted by atomic mass is 10.1. The Morgan fingerprint density at radius 1 is 1.38 bits per heavy atom. The average Bonchev–Trinajstić information content (AvgIpc) is 3.33. The minimum absolute atomic E-state index is 0.196. The van der Waals surface area contributed by atoms with E-state index in [1.165, 1.54) is 17.4 Å². The predicted molar refractivity (Wildman–Crippen MR) is 115 cm³/mol. The summed E-state index contributed by atoms with van der Waals surface area (Å²) in [4.78, 5) is 16.3. The van der Waals surface area contributed by atoms with Crippen LogP contribution in [0.3, 0.4) is 0 Å². The van der Waals surface area contributed by atoms with E-state index < -0.39 is 5.97 Å². The van der Waals surface area contributed by atoms with Crippen molar-refractivity contribution < 1.29 is 14.3 Å². The summed E-state index contributed by atoms with van der Waals surface area (Å²) in [6.07, 6.45) is 6.24. The van der Waals surface area contributed by atoms with Gasteiger partial charge >= 0.3 is 5.97 Å². The first kappa shape index (κ1) is 21.3. The first-order valence-electron chi connectivity index (χ1n) is 9.41. The second-order valence-electron chi connectivity index (χ2n) is 6.77. The molecule has 4 nitrogen and oxygen atoms in total. The average molecular weight is 433 g/mol. The summed E-state index contributed by atoms with van der Waals surface area (Å²) in [5, 5.41) is 13.9. The number of aliphatic carboxylic acids is 1. The van der Waals surface area contributed by atoms with Crippen LogP contribution in [0.4, 0.5) is 4.39 Å². The Labute approximate surface area is 178 Å². The fraction of sp³-hybridized carbons (Fsp3) is 0.273. The first-order valence-corrected chi connectivity index (χ1v) is 10.7. The highest BCUT2D eigenvalue weighted by atomic mass is 35.5. The van der Waals surface area contributed by atoms with Crippen LogP contribution in [-0.4, -0.2) is 20.6 Å². The first-order chi connectivity index (χ1) is 14.0. The number of rotatable bonds is 9. The van der Waals surface area contributed by atoms with Gasteiger partial charge in [0.05, 0.1) is 18.4 Å². The van der Waals surface area contributed by atoms with Crippen LogP contribution in [-0.2, 0) is 24.2 Å². The van der Waals surface area contributed by atoms with Gasteiger partial charge in [-0.3, -0.25) is 0 Å². The van der Waals surface area contributed by atoms with Gasteiger partial charge in [0.2, 0.25) is 0 Å². The molecule has 1 N–H and O–H groups in total. The van der Waals surface area contributed by atoms with Crippen molar-refractivity contribution in [2.45, 2.75) is 39.2 Å². The van der Waals surface area contributed by atoms with Crippen LogP contribution in [0.25, 0.3) is 6.08 Å². The van der Waals surface area contributed by atoms with Crippen molar-refractivity contribution in [2.24, 2.45) is 0 Å². The maximum atomic E-state index is 14.4. The monoisotopic (exact) mass is 432 g/mol. The highest BCUT2D eigenvalue weighted by Gasteiger charge is 2.16. The standard InChI is InChI=1S/C22H22ClFN2O2S/c1-2-3-7-21-25-12-17(11-16(22(27)28)10-15-8-9-29-14-15)26(21)13-18-19(23)5-4-6-20(18)24/h4-6,8-9,11-12,14H,2-3,7,10,13H2,1H3,(H,27,28)/b16-11+. The van der Waals surface area contributed by atoms with Crippen molar-refractivity contribution in [3.8, 4) is 0 Å². The van der Waals surface area contributed by atoms with Gasteiger partial charge in [0, 0.05) is 29.0 Å². The zero-order valence-electron chi connectivity index (χ0n) is 16.1. The van der Waals surface area contributed by atoms with Crippen LogP contribution in [0, 0.1) is 5.82 Å². The van der Waals surface area contributed by atoms with Crippen LogP contribution >= 0.6 is 22.9 Å². The molecule has 2 aromatic heterocycles. The maximum Gasteiger partial charge on any atom is 0.331 e. The largest absolute Gasteiger partial charge is 0.478 e. The predicted octanol–water partition coefficient (Wildman–Crippen LogP) is 5.84. The summed E-state index contributed by atoms with van der Waals surface area (Å²) in [5.41, 5.74) is 2.20. The Kier molecular flexibility index (Phi) is 7.23. The van der Waals surface area contributed by atoms with Crippen LogP contribution in [0.2, 0.25) is 5.02 Å². The molecule has 0 radical (unpaired) electrons. The number of aromatic nitrogens is 2. The number of carboxylic acids is 1. The summed E-state index contributed by atoms with van der Waals surface area (Å²) in [6, 6.07) is 6.50. The summed E-state index contributed by atoms with van der Waals surface area (Å²) in [5.74, 6) is -0.583. The normalized spacial score (nSPS) is 11.8. The minimum Gasteiger partial charge on any atom is -0.478 e. The molecule has 0 fully saturated rings. The molecule has 0 spiro atoms. The van der Waals surface area contributed by atoms with E-state index in [0.717, 1.165) is 30.7 Å². The maximum absolute atomic E-state index is 14.4. The molecule has 29 heavy (non-hydrogen) atoms. The Morgan fingerprint density at radius 2 is 2.21 bits per heavy atom. The molecule has 1 aromatic carbocycles. The number of imidazole rings is 1. The lowest BCUT2D eigenvalue weighted by Gasteiger charge is -2.13. The summed E-state index contributed by atoms with van der Waals surface area (Å²) in [6.45, 7) is 2.28. The van der Waals surface area contributed by atoms with Crippen LogP contribution in [0.5, 0.6) is 0 Å². The molecule has 2 heterocycles. The number of aryl methyl sites for hydroxylation is 1. The van der Waals surface area contributed by atoms with Crippen molar-refractivity contribution in [2.75, 3.05) is 0 Å². The summed E-state index contributed by atoms with van der Waals surface area (Å²) < 4.78 is 16.2. The van der Waals surface area contributed by atoms with Gasteiger partial charge < -0.3 is 9.67 Å². The summed E-state index contributed by atoms with van der Waals surface area (Å²) >= 11 is 7.75. The lowest BCUT2D eigenvalue weighted by molar-refractivity contribution is -0.132. The molecule has 0 saturated carbocycles. The second-order valence-corrected chi connectivity index (χ2v) is 7.96. The lowest BCUT2D eigenvalue weighted by Crippen LogP contribution is -2.10. The summed E-state index contributed by atoms with van der Waals surface area (Å²) in [7, 11) is 0. The van der Waals surface area contributed by atoms with Crippen molar-refractivity contribution in [3.05, 3.63) is 80.3 Å². The van der Waals surface area contributed by atoms with Gasteiger partial charge in [0.1, 0.15) is 11.6 Å². The fourth-order valence-corrected chi connectivity index (χ4v) is 3.97. The molecule has 0 bridgehead atoms. The van der Waals surface area contributed by atoms with E-state index >= 15 is 0 Å². The Hall–Kier alpha value is -2.44. The fourth-order valence-electron chi connectivity index (χ4n) is 3.08. The molecular weight excluding hydrogens is 411 g/mol. The molecule has 0 atom stereocenters. The minimum atomic E-state index is -0.983. The smallest absolute Gasteiger partial charge is 0.331 e. The zero-order valence-corrected chi connectivity index (χ0v) is 17.6. The van der Waals surface area contributed by atoms with Crippen molar-refractivity contribution in [1.82, 2.24) is 9.55 Å². The third kappa shape index (κ3) is 5.34. The molecule has 0 saturated heterocycles. The van der Waals surface area contributed by atoms with Gasteiger partial charge in [-0.1, -0.05) is 31.0 Å². The van der Waals surface area contributed by atoms with Crippen molar-refractivity contribution >= 4 is 35.0 Å². The van der Waals surface area contributed by atoms with Gasteiger partial charge in [0.15, 0.2) is 0 Å². The van der Waals surface area contributed by atoms with E-state index in [2.05, 4.69) is 11.9 Å². The van der Waals surface area contributed by atoms with Gasteiger partial charge in [-0.05, 0) is 47.0 Å². The quantitative estimate of drug-likeness (QED) is 0.432. The molecule has 3 rings (SSSR count). The second kappa shape index (κ2) is 9.85. The number of carbonyl (C=O) groups is 1. The number of unbranched alkanes of at least 4 members (excludes halogenated alkanes) is 1. The van der Waals surface area contributed by atoms with Gasteiger partial charge in [0.25, 0.3) is 0 Å². The topological polar surface area (TPSA) is 55.1 Å². The molecule has 0 aliphatic carbocycles. The van der Waals surface area contributed by atoms with Gasteiger partial charge in [-0.15, -0.1) is 0 Å². The molecular formula is C22H22ClFN2O2S. The number of halogens is 2.